The van der Waals surface area contributed by atoms with Crippen LogP contribution in [-0.2, 0) is 17.8 Å². The lowest BCUT2D eigenvalue weighted by molar-refractivity contribution is 0.0993. The van der Waals surface area contributed by atoms with Crippen LogP contribution in [0.5, 0.6) is 17.2 Å². The van der Waals surface area contributed by atoms with Gasteiger partial charge in [0.2, 0.25) is 0 Å². The van der Waals surface area contributed by atoms with E-state index in [9.17, 15) is 4.79 Å². The zero-order valence-corrected chi connectivity index (χ0v) is 18.0. The topological polar surface area (TPSA) is 54.0 Å². The Morgan fingerprint density at radius 2 is 1.55 bits per heavy atom. The second kappa shape index (κ2) is 11.8. The number of carbonyl (C=O) groups is 1. The van der Waals surface area contributed by atoms with Crippen LogP contribution in [0.2, 0.25) is 0 Å². The number of hydrogen-bond donors (Lipinski definition) is 0. The van der Waals surface area contributed by atoms with Crippen LogP contribution < -0.4 is 14.2 Å². The molecule has 5 heteroatoms. The van der Waals surface area contributed by atoms with E-state index in [0.717, 1.165) is 23.3 Å². The quantitative estimate of drug-likeness (QED) is 0.301. The predicted octanol–water partition coefficient (Wildman–Crippen LogP) is 5.11. The van der Waals surface area contributed by atoms with Gasteiger partial charge in [-0.05, 0) is 47.5 Å². The molecule has 0 atom stereocenters. The summed E-state index contributed by atoms with van der Waals surface area (Å²) >= 11 is 0. The summed E-state index contributed by atoms with van der Waals surface area (Å²) < 4.78 is 22.0. The predicted molar refractivity (Wildman–Crippen MR) is 120 cm³/mol. The lowest BCUT2D eigenvalue weighted by Crippen LogP contribution is -2.06. The summed E-state index contributed by atoms with van der Waals surface area (Å²) in [5, 5.41) is 0. The molecule has 31 heavy (non-hydrogen) atoms. The van der Waals surface area contributed by atoms with Gasteiger partial charge in [0.1, 0.15) is 12.4 Å². The lowest BCUT2D eigenvalue weighted by Gasteiger charge is -2.12. The highest BCUT2D eigenvalue weighted by Gasteiger charge is 2.11. The Labute approximate surface area is 183 Å². The number of methoxy groups -OCH3 is 2. The van der Waals surface area contributed by atoms with E-state index in [1.165, 1.54) is 0 Å². The Balaban J connectivity index is 1.58. The first-order valence-corrected chi connectivity index (χ1v) is 10.3. The first-order valence-electron chi connectivity index (χ1n) is 10.3. The standard InChI is InChI=1S/C26H28O5/c1-28-15-6-16-30-26-18-21(9-14-25(26)29-2)17-24(27)22-10-12-23(13-11-22)31-19-20-7-4-3-5-8-20/h3-5,7-14,18H,6,15-17,19H2,1-2H3. The summed E-state index contributed by atoms with van der Waals surface area (Å²) in [6, 6.07) is 22.8. The molecule has 0 heterocycles. The van der Waals surface area contributed by atoms with Crippen LogP contribution in [0.15, 0.2) is 72.8 Å². The maximum atomic E-state index is 12.7. The van der Waals surface area contributed by atoms with E-state index in [1.807, 2.05) is 60.7 Å². The van der Waals surface area contributed by atoms with Crippen LogP contribution in [0.1, 0.15) is 27.9 Å². The van der Waals surface area contributed by atoms with Gasteiger partial charge in [0.15, 0.2) is 17.3 Å². The van der Waals surface area contributed by atoms with Crippen LogP contribution in [0, 0.1) is 0 Å². The molecule has 0 saturated carbocycles. The smallest absolute Gasteiger partial charge is 0.167 e. The average molecular weight is 421 g/mol. The van der Waals surface area contributed by atoms with Crippen molar-refractivity contribution in [1.82, 2.24) is 0 Å². The molecule has 0 unspecified atom stereocenters. The molecule has 0 aliphatic carbocycles. The van der Waals surface area contributed by atoms with Crippen molar-refractivity contribution in [3.63, 3.8) is 0 Å². The van der Waals surface area contributed by atoms with Crippen LogP contribution in [0.4, 0.5) is 0 Å². The molecule has 5 nitrogen and oxygen atoms in total. The fourth-order valence-electron chi connectivity index (χ4n) is 3.09. The molecule has 0 aromatic heterocycles. The lowest BCUT2D eigenvalue weighted by atomic mass is 10.0. The highest BCUT2D eigenvalue weighted by Crippen LogP contribution is 2.29. The van der Waals surface area contributed by atoms with E-state index in [-0.39, 0.29) is 12.2 Å². The zero-order chi connectivity index (χ0) is 21.9. The Hall–Kier alpha value is -3.31. The molecule has 162 valence electrons. The van der Waals surface area contributed by atoms with Crippen LogP contribution >= 0.6 is 0 Å². The van der Waals surface area contributed by atoms with Crippen molar-refractivity contribution in [2.24, 2.45) is 0 Å². The SMILES string of the molecule is COCCCOc1cc(CC(=O)c2ccc(OCc3ccccc3)cc2)ccc1OC. The number of Topliss-reactive ketones (excluding diaryl/α,β-unsaturated/α-hetero) is 1. The number of hydrogen-bond acceptors (Lipinski definition) is 5. The van der Waals surface area contributed by atoms with Gasteiger partial charge < -0.3 is 18.9 Å². The van der Waals surface area contributed by atoms with E-state index in [2.05, 4.69) is 0 Å². The van der Waals surface area contributed by atoms with Crippen molar-refractivity contribution in [2.75, 3.05) is 27.4 Å². The molecular weight excluding hydrogens is 392 g/mol. The van der Waals surface area contributed by atoms with Crippen molar-refractivity contribution in [1.29, 1.82) is 0 Å². The van der Waals surface area contributed by atoms with Crippen molar-refractivity contribution in [3.05, 3.63) is 89.5 Å². The van der Waals surface area contributed by atoms with E-state index < -0.39 is 0 Å². The van der Waals surface area contributed by atoms with Gasteiger partial charge in [0.25, 0.3) is 0 Å². The largest absolute Gasteiger partial charge is 0.493 e. The molecule has 0 N–H and O–H groups in total. The van der Waals surface area contributed by atoms with Gasteiger partial charge in [-0.1, -0.05) is 36.4 Å². The molecule has 0 fully saturated rings. The van der Waals surface area contributed by atoms with Gasteiger partial charge in [-0.2, -0.15) is 0 Å². The minimum atomic E-state index is 0.0325. The van der Waals surface area contributed by atoms with Gasteiger partial charge in [-0.25, -0.2) is 0 Å². The van der Waals surface area contributed by atoms with Gasteiger partial charge in [0, 0.05) is 32.1 Å². The fraction of sp³-hybridized carbons (Fsp3) is 0.269. The second-order valence-corrected chi connectivity index (χ2v) is 7.08. The molecule has 3 aromatic rings. The number of carbonyl (C=O) groups excluding carboxylic acids is 1. The molecule has 0 aliphatic heterocycles. The van der Waals surface area contributed by atoms with Crippen molar-refractivity contribution in [2.45, 2.75) is 19.4 Å². The minimum absolute atomic E-state index is 0.0325. The fourth-order valence-corrected chi connectivity index (χ4v) is 3.09. The van der Waals surface area contributed by atoms with Crippen LogP contribution in [-0.4, -0.2) is 33.2 Å². The van der Waals surface area contributed by atoms with Crippen molar-refractivity contribution in [3.8, 4) is 17.2 Å². The number of benzene rings is 3. The van der Waals surface area contributed by atoms with Gasteiger partial charge in [0.05, 0.1) is 13.7 Å². The summed E-state index contributed by atoms with van der Waals surface area (Å²) in [6.45, 7) is 1.64. The zero-order valence-electron chi connectivity index (χ0n) is 18.0. The Kier molecular flexibility index (Phi) is 8.49. The maximum Gasteiger partial charge on any atom is 0.167 e. The molecule has 0 bridgehead atoms. The summed E-state index contributed by atoms with van der Waals surface area (Å²) in [7, 11) is 3.26. The molecule has 0 saturated heterocycles. The highest BCUT2D eigenvalue weighted by atomic mass is 16.5. The summed E-state index contributed by atoms with van der Waals surface area (Å²) in [4.78, 5) is 12.7. The molecule has 0 aliphatic rings. The van der Waals surface area contributed by atoms with Crippen molar-refractivity contribution < 1.29 is 23.7 Å². The molecule has 3 aromatic carbocycles. The summed E-state index contributed by atoms with van der Waals surface area (Å²) in [5.41, 5.74) is 2.62. The second-order valence-electron chi connectivity index (χ2n) is 7.08. The van der Waals surface area contributed by atoms with E-state index in [1.54, 1.807) is 26.4 Å². The van der Waals surface area contributed by atoms with Gasteiger partial charge in [-0.3, -0.25) is 4.79 Å². The van der Waals surface area contributed by atoms with E-state index >= 15 is 0 Å². The first-order chi connectivity index (χ1) is 15.2. The third-order valence-corrected chi connectivity index (χ3v) is 4.77. The van der Waals surface area contributed by atoms with Crippen LogP contribution in [0.25, 0.3) is 0 Å². The van der Waals surface area contributed by atoms with Crippen molar-refractivity contribution >= 4 is 5.78 Å². The normalized spacial score (nSPS) is 10.5. The highest BCUT2D eigenvalue weighted by molar-refractivity contribution is 5.97. The maximum absolute atomic E-state index is 12.7. The number of ketones is 1. The molecule has 0 amide bonds. The Morgan fingerprint density at radius 1 is 0.774 bits per heavy atom. The number of rotatable bonds is 12. The summed E-state index contributed by atoms with van der Waals surface area (Å²) in [5.74, 6) is 2.05. The molecular formula is C26H28O5. The molecule has 3 rings (SSSR count). The minimum Gasteiger partial charge on any atom is -0.493 e. The number of ether oxygens (including phenoxy) is 4. The first kappa shape index (κ1) is 22.4. The van der Waals surface area contributed by atoms with E-state index in [4.69, 9.17) is 18.9 Å². The Morgan fingerprint density at radius 3 is 2.26 bits per heavy atom. The van der Waals surface area contributed by atoms with Crippen LogP contribution in [0.3, 0.4) is 0 Å². The monoisotopic (exact) mass is 420 g/mol. The van der Waals surface area contributed by atoms with Gasteiger partial charge >= 0.3 is 0 Å². The van der Waals surface area contributed by atoms with E-state index in [0.29, 0.717) is 36.9 Å². The third-order valence-electron chi connectivity index (χ3n) is 4.77. The molecule has 0 radical (unpaired) electrons. The van der Waals surface area contributed by atoms with Gasteiger partial charge in [-0.15, -0.1) is 0 Å². The third kappa shape index (κ3) is 6.86. The Bertz CT molecular complexity index is 951. The molecule has 0 spiro atoms. The average Bonchev–Trinajstić information content (AvgIpc) is 2.81. The summed E-state index contributed by atoms with van der Waals surface area (Å²) in [6.07, 6.45) is 1.06.